The van der Waals surface area contributed by atoms with Gasteiger partial charge in [-0.1, -0.05) is 12.1 Å². The molecule has 1 aliphatic heterocycles. The number of nitrogens with one attached hydrogen (secondary N) is 1. The van der Waals surface area contributed by atoms with Gasteiger partial charge in [-0.25, -0.2) is 9.97 Å². The topological polar surface area (TPSA) is 102 Å². The highest BCUT2D eigenvalue weighted by Gasteiger charge is 2.43. The maximum Gasteiger partial charge on any atom is 0.253 e. The van der Waals surface area contributed by atoms with Gasteiger partial charge in [0.05, 0.1) is 11.9 Å². The number of hydrogen-bond donors (Lipinski definition) is 2. The van der Waals surface area contributed by atoms with Crippen molar-refractivity contribution in [2.45, 2.75) is 45.6 Å². The highest BCUT2D eigenvalue weighted by Crippen LogP contribution is 2.48. The van der Waals surface area contributed by atoms with Gasteiger partial charge in [0.2, 0.25) is 0 Å². The number of Topliss-reactive ketones (excluding diaryl/α,β-unsaturated/α-hetero) is 1. The summed E-state index contributed by atoms with van der Waals surface area (Å²) in [4.78, 5) is 41.7. The lowest BCUT2D eigenvalue weighted by molar-refractivity contribution is -0.121. The molecule has 41 heavy (non-hydrogen) atoms. The summed E-state index contributed by atoms with van der Waals surface area (Å²) in [6.07, 6.45) is 7.69. The maximum absolute atomic E-state index is 12.6. The van der Waals surface area contributed by atoms with Crippen LogP contribution in [0.2, 0.25) is 0 Å². The number of benzene rings is 2. The molecule has 212 valence electrons. The van der Waals surface area contributed by atoms with Crippen LogP contribution in [0.15, 0.2) is 48.8 Å². The Morgan fingerprint density at radius 2 is 1.90 bits per heavy atom. The minimum atomic E-state index is -0.117. The van der Waals surface area contributed by atoms with Gasteiger partial charge in [-0.05, 0) is 72.7 Å². The Labute approximate surface area is 240 Å². The smallest absolute Gasteiger partial charge is 0.253 e. The number of aliphatic hydroxyl groups excluding tert-OH is 1. The van der Waals surface area contributed by atoms with E-state index in [0.717, 1.165) is 72.4 Å². The molecule has 4 aromatic rings. The lowest BCUT2D eigenvalue weighted by atomic mass is 9.91. The van der Waals surface area contributed by atoms with Crippen LogP contribution in [0, 0.1) is 12.3 Å². The molecule has 0 spiro atoms. The number of H-pyrrole nitrogens is 1. The number of aromatic nitrogens is 3. The zero-order valence-corrected chi connectivity index (χ0v) is 24.0. The molecule has 1 amide bonds. The third-order valence-corrected chi connectivity index (χ3v) is 8.73. The summed E-state index contributed by atoms with van der Waals surface area (Å²) in [5.41, 5.74) is 9.72. The first-order valence-corrected chi connectivity index (χ1v) is 14.4. The van der Waals surface area contributed by atoms with Crippen molar-refractivity contribution in [1.29, 1.82) is 0 Å². The Hall–Kier alpha value is -3.88. The van der Waals surface area contributed by atoms with E-state index in [1.54, 1.807) is 19.0 Å². The minimum Gasteiger partial charge on any atom is -0.396 e. The van der Waals surface area contributed by atoms with Crippen molar-refractivity contribution in [1.82, 2.24) is 24.8 Å². The summed E-state index contributed by atoms with van der Waals surface area (Å²) in [7, 11) is 3.50. The molecule has 1 aliphatic carbocycles. The highest BCUT2D eigenvalue weighted by molar-refractivity contribution is 5.96. The van der Waals surface area contributed by atoms with Crippen LogP contribution in [-0.2, 0) is 17.8 Å². The molecule has 2 aliphatic rings. The van der Waals surface area contributed by atoms with E-state index in [-0.39, 0.29) is 23.7 Å². The second-order valence-electron chi connectivity index (χ2n) is 12.0. The van der Waals surface area contributed by atoms with E-state index in [9.17, 15) is 14.7 Å². The summed E-state index contributed by atoms with van der Waals surface area (Å²) >= 11 is 0. The van der Waals surface area contributed by atoms with Gasteiger partial charge in [0.1, 0.15) is 11.3 Å². The van der Waals surface area contributed by atoms with Gasteiger partial charge < -0.3 is 15.0 Å². The summed E-state index contributed by atoms with van der Waals surface area (Å²) in [5, 5.41) is 9.55. The first-order valence-electron chi connectivity index (χ1n) is 14.4. The number of carbonyl (C=O) groups excluding carboxylic acids is 2. The quantitative estimate of drug-likeness (QED) is 0.310. The van der Waals surface area contributed by atoms with Crippen LogP contribution in [-0.4, -0.2) is 75.3 Å². The van der Waals surface area contributed by atoms with Crippen LogP contribution in [0.4, 0.5) is 0 Å². The van der Waals surface area contributed by atoms with Crippen molar-refractivity contribution in [3.05, 3.63) is 71.0 Å². The Balaban J connectivity index is 1.22. The van der Waals surface area contributed by atoms with E-state index < -0.39 is 0 Å². The van der Waals surface area contributed by atoms with Crippen molar-refractivity contribution >= 4 is 22.9 Å². The fraction of sp³-hybridized carbons (Fsp3) is 0.394. The van der Waals surface area contributed by atoms with Gasteiger partial charge in [-0.3, -0.25) is 14.5 Å². The van der Waals surface area contributed by atoms with Crippen molar-refractivity contribution in [3.63, 3.8) is 0 Å². The van der Waals surface area contributed by atoms with E-state index in [0.29, 0.717) is 18.4 Å². The van der Waals surface area contributed by atoms with Crippen LogP contribution in [0.3, 0.4) is 0 Å². The van der Waals surface area contributed by atoms with E-state index >= 15 is 0 Å². The largest absolute Gasteiger partial charge is 0.396 e. The number of carbonyl (C=O) groups is 2. The Morgan fingerprint density at radius 3 is 2.61 bits per heavy atom. The minimum absolute atomic E-state index is 0.0288. The molecule has 0 saturated heterocycles. The molecule has 0 atom stereocenters. The Bertz CT molecular complexity index is 1620. The molecule has 2 aromatic carbocycles. The van der Waals surface area contributed by atoms with Gasteiger partial charge >= 0.3 is 0 Å². The zero-order chi connectivity index (χ0) is 28.7. The molecular weight excluding hydrogens is 514 g/mol. The van der Waals surface area contributed by atoms with E-state index in [1.165, 1.54) is 16.7 Å². The van der Waals surface area contributed by atoms with Crippen LogP contribution in [0.1, 0.15) is 52.7 Å². The lowest BCUT2D eigenvalue weighted by Gasteiger charge is -2.30. The lowest BCUT2D eigenvalue weighted by Crippen LogP contribution is -2.33. The standard InChI is InChI=1S/C33H37N5O3/c1-21-14-24(15-25-19-38(13-9-27(21)25)12-8-26(40)16-33(20-39)10-11-33)29-18-35-31-30(36-29)28(17-34-31)22-4-6-23(7-5-22)32(41)37(2)3/h4-7,14-15,17-18,39H,8-13,16,19-20H2,1-3H3,(H,34,35). The maximum atomic E-state index is 12.6. The molecule has 6 rings (SSSR count). The molecule has 0 unspecified atom stereocenters. The van der Waals surface area contributed by atoms with Gasteiger partial charge in [0.25, 0.3) is 5.91 Å². The number of aromatic amines is 1. The number of nitrogens with zero attached hydrogens (tertiary/aromatic N) is 4. The van der Waals surface area contributed by atoms with Crippen molar-refractivity contribution in [2.24, 2.45) is 5.41 Å². The average molecular weight is 552 g/mol. The van der Waals surface area contributed by atoms with Crippen molar-refractivity contribution in [2.75, 3.05) is 33.8 Å². The monoisotopic (exact) mass is 551 g/mol. The first-order chi connectivity index (χ1) is 19.7. The number of hydrogen-bond acceptors (Lipinski definition) is 6. The molecule has 2 N–H and O–H groups in total. The van der Waals surface area contributed by atoms with Gasteiger partial charge in [-0.2, -0.15) is 0 Å². The third-order valence-electron chi connectivity index (χ3n) is 8.73. The molecule has 0 radical (unpaired) electrons. The number of fused-ring (bicyclic) bond motifs is 2. The van der Waals surface area contributed by atoms with Crippen LogP contribution < -0.4 is 0 Å². The first kappa shape index (κ1) is 27.3. The van der Waals surface area contributed by atoms with Gasteiger partial charge in [0, 0.05) is 81.5 Å². The normalized spacial score (nSPS) is 16.0. The molecular formula is C33H37N5O3. The molecule has 3 heterocycles. The van der Waals surface area contributed by atoms with E-state index in [2.05, 4.69) is 33.9 Å². The predicted molar refractivity (Wildman–Crippen MR) is 159 cm³/mol. The number of amides is 1. The number of aliphatic hydroxyl groups is 1. The zero-order valence-electron chi connectivity index (χ0n) is 24.0. The number of rotatable bonds is 9. The van der Waals surface area contributed by atoms with Crippen LogP contribution in [0.5, 0.6) is 0 Å². The Kier molecular flexibility index (Phi) is 7.21. The highest BCUT2D eigenvalue weighted by atomic mass is 16.3. The average Bonchev–Trinajstić information content (AvgIpc) is 3.63. The summed E-state index contributed by atoms with van der Waals surface area (Å²) in [5.74, 6) is 0.232. The number of aryl methyl sites for hydroxylation is 1. The second kappa shape index (κ2) is 10.8. The summed E-state index contributed by atoms with van der Waals surface area (Å²) in [6.45, 7) is 4.80. The van der Waals surface area contributed by atoms with E-state index in [4.69, 9.17) is 4.98 Å². The third kappa shape index (κ3) is 5.54. The predicted octanol–water partition coefficient (Wildman–Crippen LogP) is 4.78. The SMILES string of the molecule is Cc1cc(-c2cnc3[nH]cc(-c4ccc(C(=O)N(C)C)cc4)c3n2)cc2c1CCN(CCC(=O)CC1(CO)CC1)C2. The van der Waals surface area contributed by atoms with Gasteiger partial charge in [0.15, 0.2) is 5.65 Å². The number of ketones is 1. The fourth-order valence-electron chi connectivity index (χ4n) is 5.98. The van der Waals surface area contributed by atoms with Gasteiger partial charge in [-0.15, -0.1) is 0 Å². The molecule has 2 aromatic heterocycles. The summed E-state index contributed by atoms with van der Waals surface area (Å²) in [6, 6.07) is 12.0. The molecule has 8 heteroatoms. The molecule has 1 fully saturated rings. The second-order valence-corrected chi connectivity index (χ2v) is 12.0. The van der Waals surface area contributed by atoms with Crippen LogP contribution in [0.25, 0.3) is 33.5 Å². The Morgan fingerprint density at radius 1 is 1.12 bits per heavy atom. The van der Waals surface area contributed by atoms with Crippen LogP contribution >= 0.6 is 0 Å². The molecule has 1 saturated carbocycles. The fourth-order valence-corrected chi connectivity index (χ4v) is 5.98. The van der Waals surface area contributed by atoms with Crippen molar-refractivity contribution < 1.29 is 14.7 Å². The van der Waals surface area contributed by atoms with Crippen molar-refractivity contribution in [3.8, 4) is 22.4 Å². The molecule has 0 bridgehead atoms. The summed E-state index contributed by atoms with van der Waals surface area (Å²) < 4.78 is 0. The molecule has 8 nitrogen and oxygen atoms in total. The van der Waals surface area contributed by atoms with E-state index in [1.807, 2.05) is 36.7 Å².